The minimum absolute atomic E-state index is 0.0797. The van der Waals surface area contributed by atoms with Crippen LogP contribution in [0, 0.1) is 30.6 Å². The second kappa shape index (κ2) is 5.61. The average molecular weight is 297 g/mol. The predicted molar refractivity (Wildman–Crippen MR) is 87.8 cm³/mol. The quantitative estimate of drug-likeness (QED) is 0.608. The summed E-state index contributed by atoms with van der Waals surface area (Å²) in [6, 6.07) is 4.21. The fraction of sp³-hybridized carbons (Fsp3) is 0.474. The molecule has 1 aliphatic rings. The Morgan fingerprint density at radius 2 is 1.91 bits per heavy atom. The molecule has 0 saturated carbocycles. The van der Waals surface area contributed by atoms with Gasteiger partial charge in [-0.2, -0.15) is 5.26 Å². The molecule has 0 saturated heterocycles. The van der Waals surface area contributed by atoms with Gasteiger partial charge in [-0.1, -0.05) is 20.8 Å². The van der Waals surface area contributed by atoms with E-state index in [9.17, 15) is 10.1 Å². The summed E-state index contributed by atoms with van der Waals surface area (Å²) in [6.07, 6.45) is 1.60. The van der Waals surface area contributed by atoms with Crippen molar-refractivity contribution in [2.45, 2.75) is 47.5 Å². The van der Waals surface area contributed by atoms with Gasteiger partial charge in [0.05, 0.1) is 12.7 Å². The zero-order chi connectivity index (χ0) is 16.7. The Kier molecular flexibility index (Phi) is 4.15. The van der Waals surface area contributed by atoms with Gasteiger partial charge in [0.25, 0.3) is 0 Å². The molecule has 0 radical (unpaired) electrons. The maximum atomic E-state index is 12.6. The Bertz CT molecular complexity index is 712. The smallest absolute Gasteiger partial charge is 0.178 e. The van der Waals surface area contributed by atoms with Gasteiger partial charge in [0.1, 0.15) is 11.8 Å². The Morgan fingerprint density at radius 3 is 2.41 bits per heavy atom. The van der Waals surface area contributed by atoms with Gasteiger partial charge in [-0.25, -0.2) is 0 Å². The third-order valence-electron chi connectivity index (χ3n) is 4.31. The number of aryl methyl sites for hydroxylation is 1. The Balaban J connectivity index is 2.68. The number of hydrogen-bond acceptors (Lipinski definition) is 3. The Hall–Kier alpha value is -2.08. The summed E-state index contributed by atoms with van der Waals surface area (Å²) in [4.78, 5) is 12.6. The molecule has 2 rings (SSSR count). The van der Waals surface area contributed by atoms with E-state index >= 15 is 0 Å². The second-order valence-electron chi connectivity index (χ2n) is 6.92. The van der Waals surface area contributed by atoms with Gasteiger partial charge in [0.15, 0.2) is 5.78 Å². The molecule has 0 N–H and O–H groups in total. The highest BCUT2D eigenvalue weighted by molar-refractivity contribution is 6.09. The average Bonchev–Trinajstić information content (AvgIpc) is 2.83. The fourth-order valence-corrected chi connectivity index (χ4v) is 3.18. The summed E-state index contributed by atoms with van der Waals surface area (Å²) in [6.45, 7) is 9.61. The number of carbonyl (C=O) groups is 1. The van der Waals surface area contributed by atoms with Crippen LogP contribution in [0.15, 0.2) is 11.6 Å². The molecule has 0 unspecified atom stereocenters. The van der Waals surface area contributed by atoms with Crippen LogP contribution in [0.4, 0.5) is 0 Å². The number of hydrogen-bond donors (Lipinski definition) is 0. The number of methoxy groups -OCH3 is 1. The molecule has 0 fully saturated rings. The number of nitrogens with zero attached hydrogens (tertiary/aromatic N) is 1. The highest BCUT2D eigenvalue weighted by Gasteiger charge is 2.31. The predicted octanol–water partition coefficient (Wildman–Crippen LogP) is 4.15. The van der Waals surface area contributed by atoms with Gasteiger partial charge in [0, 0.05) is 5.41 Å². The molecule has 0 bridgehead atoms. The standard InChI is InChI=1S/C19H23NO2/c1-11-9-15-13(12(2)17(11)22-6)7-8-14(15)16(10-20)18(21)19(3,4)5/h9H,7-8H2,1-6H3/b16-14+. The topological polar surface area (TPSA) is 50.1 Å². The highest BCUT2D eigenvalue weighted by atomic mass is 16.5. The third-order valence-corrected chi connectivity index (χ3v) is 4.31. The molecule has 116 valence electrons. The first kappa shape index (κ1) is 16.3. The highest BCUT2D eigenvalue weighted by Crippen LogP contribution is 2.42. The normalized spacial score (nSPS) is 16.0. The van der Waals surface area contributed by atoms with E-state index in [1.807, 2.05) is 34.6 Å². The Morgan fingerprint density at radius 1 is 1.27 bits per heavy atom. The van der Waals surface area contributed by atoms with Crippen LogP contribution in [0.3, 0.4) is 0 Å². The molecule has 0 aromatic heterocycles. The van der Waals surface area contributed by atoms with Gasteiger partial charge in [0.2, 0.25) is 0 Å². The van der Waals surface area contributed by atoms with Gasteiger partial charge in [-0.15, -0.1) is 0 Å². The molecule has 3 nitrogen and oxygen atoms in total. The van der Waals surface area contributed by atoms with Gasteiger partial charge in [-0.05, 0) is 60.6 Å². The molecule has 0 aliphatic heterocycles. The molecule has 1 aromatic carbocycles. The van der Waals surface area contributed by atoms with Crippen molar-refractivity contribution >= 4 is 11.4 Å². The van der Waals surface area contributed by atoms with Crippen molar-refractivity contribution in [1.29, 1.82) is 5.26 Å². The largest absolute Gasteiger partial charge is 0.496 e. The van der Waals surface area contributed by atoms with Crippen LogP contribution in [-0.2, 0) is 11.2 Å². The number of carbonyl (C=O) groups excluding carboxylic acids is 1. The van der Waals surface area contributed by atoms with Crippen LogP contribution < -0.4 is 4.74 Å². The summed E-state index contributed by atoms with van der Waals surface area (Å²) in [5, 5.41) is 9.53. The van der Waals surface area contributed by atoms with Crippen molar-refractivity contribution in [3.05, 3.63) is 33.9 Å². The molecule has 22 heavy (non-hydrogen) atoms. The maximum absolute atomic E-state index is 12.6. The van der Waals surface area contributed by atoms with Crippen molar-refractivity contribution in [1.82, 2.24) is 0 Å². The molecular weight excluding hydrogens is 274 g/mol. The molecule has 0 atom stereocenters. The number of ketones is 1. The van der Waals surface area contributed by atoms with Crippen molar-refractivity contribution in [3.63, 3.8) is 0 Å². The number of allylic oxidation sites excluding steroid dienone is 2. The van der Waals surface area contributed by atoms with Crippen LogP contribution in [0.5, 0.6) is 5.75 Å². The van der Waals surface area contributed by atoms with Crippen molar-refractivity contribution in [2.75, 3.05) is 7.11 Å². The van der Waals surface area contributed by atoms with E-state index in [1.165, 1.54) is 5.56 Å². The van der Waals surface area contributed by atoms with Gasteiger partial charge in [-0.3, -0.25) is 4.79 Å². The van der Waals surface area contributed by atoms with E-state index in [2.05, 4.69) is 12.1 Å². The molecular formula is C19H23NO2. The van der Waals surface area contributed by atoms with Crippen LogP contribution >= 0.6 is 0 Å². The number of nitriles is 1. The maximum Gasteiger partial charge on any atom is 0.178 e. The molecule has 1 aliphatic carbocycles. The lowest BCUT2D eigenvalue weighted by Gasteiger charge is -2.18. The fourth-order valence-electron chi connectivity index (χ4n) is 3.18. The molecule has 3 heteroatoms. The number of fused-ring (bicyclic) bond motifs is 1. The summed E-state index contributed by atoms with van der Waals surface area (Å²) in [7, 11) is 1.68. The molecule has 0 heterocycles. The SMILES string of the molecule is COc1c(C)cc2c(c1C)CC/C2=C(/C#N)C(=O)C(C)(C)C. The van der Waals surface area contributed by atoms with E-state index in [0.29, 0.717) is 5.57 Å². The van der Waals surface area contributed by atoms with Crippen LogP contribution in [0.2, 0.25) is 0 Å². The monoisotopic (exact) mass is 297 g/mol. The summed E-state index contributed by atoms with van der Waals surface area (Å²) < 4.78 is 5.48. The van der Waals surface area contributed by atoms with Gasteiger partial charge < -0.3 is 4.74 Å². The zero-order valence-electron chi connectivity index (χ0n) is 14.3. The van der Waals surface area contributed by atoms with Crippen molar-refractivity contribution in [3.8, 4) is 11.8 Å². The first-order chi connectivity index (χ1) is 10.2. The summed E-state index contributed by atoms with van der Waals surface area (Å²) >= 11 is 0. The number of Topliss-reactive ketones (excluding diaryl/α,β-unsaturated/α-hetero) is 1. The van der Waals surface area contributed by atoms with Crippen LogP contribution in [0.1, 0.15) is 49.4 Å². The first-order valence-electron chi connectivity index (χ1n) is 7.57. The second-order valence-corrected chi connectivity index (χ2v) is 6.92. The number of benzene rings is 1. The van der Waals surface area contributed by atoms with Crippen molar-refractivity contribution in [2.24, 2.45) is 5.41 Å². The van der Waals surface area contributed by atoms with E-state index in [1.54, 1.807) is 7.11 Å². The lowest BCUT2D eigenvalue weighted by atomic mass is 9.83. The van der Waals surface area contributed by atoms with Gasteiger partial charge >= 0.3 is 0 Å². The number of ether oxygens (including phenoxy) is 1. The van der Waals surface area contributed by atoms with Crippen molar-refractivity contribution < 1.29 is 9.53 Å². The van der Waals surface area contributed by atoms with Crippen LogP contribution in [0.25, 0.3) is 5.57 Å². The summed E-state index contributed by atoms with van der Waals surface area (Å²) in [5.74, 6) is 0.824. The van der Waals surface area contributed by atoms with E-state index in [0.717, 1.165) is 40.9 Å². The lowest BCUT2D eigenvalue weighted by Crippen LogP contribution is -2.22. The lowest BCUT2D eigenvalue weighted by molar-refractivity contribution is -0.122. The Labute approximate surface area is 132 Å². The molecule has 1 aromatic rings. The minimum atomic E-state index is -0.544. The zero-order valence-corrected chi connectivity index (χ0v) is 14.3. The first-order valence-corrected chi connectivity index (χ1v) is 7.57. The molecule has 0 spiro atoms. The van der Waals surface area contributed by atoms with E-state index in [4.69, 9.17) is 4.74 Å². The van der Waals surface area contributed by atoms with E-state index in [-0.39, 0.29) is 5.78 Å². The third kappa shape index (κ3) is 2.54. The number of rotatable bonds is 2. The van der Waals surface area contributed by atoms with E-state index < -0.39 is 5.41 Å². The summed E-state index contributed by atoms with van der Waals surface area (Å²) in [5.41, 5.74) is 5.07. The minimum Gasteiger partial charge on any atom is -0.496 e. The molecule has 0 amide bonds. The van der Waals surface area contributed by atoms with Crippen LogP contribution in [-0.4, -0.2) is 12.9 Å².